The van der Waals surface area contributed by atoms with Crippen LogP contribution in [0.5, 0.6) is 0 Å². The molecule has 1 N–H and O–H groups in total. The molecular weight excluding hydrogens is 284 g/mol. The van der Waals surface area contributed by atoms with Crippen LogP contribution in [0.15, 0.2) is 0 Å². The summed E-state index contributed by atoms with van der Waals surface area (Å²) in [6.45, 7) is 2.05. The zero-order chi connectivity index (χ0) is 15.0. The zero-order valence-electron chi connectivity index (χ0n) is 12.1. The number of nitrogens with one attached hydrogen (secondary N) is 1. The van der Waals surface area contributed by atoms with Gasteiger partial charge in [-0.15, -0.1) is 0 Å². The lowest BCUT2D eigenvalue weighted by molar-refractivity contribution is -0.121. The number of sulfonamides is 1. The molecule has 0 aromatic carbocycles. The Bertz CT molecular complexity index is 393. The maximum atomic E-state index is 11.7. The van der Waals surface area contributed by atoms with Crippen LogP contribution in [0.4, 0.5) is 0 Å². The summed E-state index contributed by atoms with van der Waals surface area (Å²) in [5, 5.41) is 2.67. The van der Waals surface area contributed by atoms with Gasteiger partial charge in [-0.05, 0) is 12.8 Å². The van der Waals surface area contributed by atoms with Gasteiger partial charge < -0.3 is 14.8 Å². The van der Waals surface area contributed by atoms with E-state index in [9.17, 15) is 13.2 Å². The minimum atomic E-state index is -3.32. The SMILES string of the molecule is COCCNC(=O)CCN(CC1CCCO1)S(C)(=O)=O. The Morgan fingerprint density at radius 3 is 2.80 bits per heavy atom. The Morgan fingerprint density at radius 1 is 1.50 bits per heavy atom. The van der Waals surface area contributed by atoms with Crippen molar-refractivity contribution >= 4 is 15.9 Å². The average Bonchev–Trinajstić information content (AvgIpc) is 2.86. The van der Waals surface area contributed by atoms with E-state index in [1.807, 2.05) is 0 Å². The summed E-state index contributed by atoms with van der Waals surface area (Å²) in [5.74, 6) is -0.178. The summed E-state index contributed by atoms with van der Waals surface area (Å²) >= 11 is 0. The monoisotopic (exact) mass is 308 g/mol. The van der Waals surface area contributed by atoms with Gasteiger partial charge in [-0.3, -0.25) is 4.79 Å². The molecule has 1 atom stereocenters. The van der Waals surface area contributed by atoms with E-state index < -0.39 is 10.0 Å². The first kappa shape index (κ1) is 17.4. The van der Waals surface area contributed by atoms with Gasteiger partial charge in [0.2, 0.25) is 15.9 Å². The van der Waals surface area contributed by atoms with E-state index in [0.29, 0.717) is 26.3 Å². The van der Waals surface area contributed by atoms with Crippen molar-refractivity contribution in [2.75, 3.05) is 46.2 Å². The van der Waals surface area contributed by atoms with Gasteiger partial charge in [0.1, 0.15) is 0 Å². The van der Waals surface area contributed by atoms with Crippen LogP contribution in [0.3, 0.4) is 0 Å². The minimum Gasteiger partial charge on any atom is -0.383 e. The molecule has 0 spiro atoms. The van der Waals surface area contributed by atoms with Crippen molar-refractivity contribution < 1.29 is 22.7 Å². The molecule has 0 aromatic heterocycles. The van der Waals surface area contributed by atoms with Crippen LogP contribution in [-0.2, 0) is 24.3 Å². The third kappa shape index (κ3) is 6.65. The Morgan fingerprint density at radius 2 is 2.25 bits per heavy atom. The highest BCUT2D eigenvalue weighted by molar-refractivity contribution is 7.88. The molecular formula is C12H24N2O5S. The normalized spacial score (nSPS) is 19.4. The van der Waals surface area contributed by atoms with E-state index in [4.69, 9.17) is 9.47 Å². The average molecular weight is 308 g/mol. The molecule has 20 heavy (non-hydrogen) atoms. The van der Waals surface area contributed by atoms with Gasteiger partial charge in [-0.2, -0.15) is 4.31 Å². The molecule has 1 fully saturated rings. The lowest BCUT2D eigenvalue weighted by atomic mass is 10.2. The highest BCUT2D eigenvalue weighted by Gasteiger charge is 2.24. The van der Waals surface area contributed by atoms with Crippen LogP contribution >= 0.6 is 0 Å². The van der Waals surface area contributed by atoms with Crippen LogP contribution in [0, 0.1) is 0 Å². The maximum Gasteiger partial charge on any atom is 0.221 e. The molecule has 0 radical (unpaired) electrons. The highest BCUT2D eigenvalue weighted by atomic mass is 32.2. The lowest BCUT2D eigenvalue weighted by Gasteiger charge is -2.22. The number of nitrogens with zero attached hydrogens (tertiary/aromatic N) is 1. The first-order chi connectivity index (χ1) is 9.43. The van der Waals surface area contributed by atoms with Gasteiger partial charge in [-0.25, -0.2) is 8.42 Å². The second kappa shape index (κ2) is 8.56. The van der Waals surface area contributed by atoms with Gasteiger partial charge in [0.25, 0.3) is 0 Å². The van der Waals surface area contributed by atoms with Crippen molar-refractivity contribution in [1.29, 1.82) is 0 Å². The number of amides is 1. The third-order valence-corrected chi connectivity index (χ3v) is 4.39. The molecule has 0 aromatic rings. The van der Waals surface area contributed by atoms with Gasteiger partial charge >= 0.3 is 0 Å². The van der Waals surface area contributed by atoms with Crippen molar-refractivity contribution in [3.8, 4) is 0 Å². The van der Waals surface area contributed by atoms with E-state index in [2.05, 4.69) is 5.32 Å². The Balaban J connectivity index is 2.38. The first-order valence-electron chi connectivity index (χ1n) is 6.76. The van der Waals surface area contributed by atoms with Gasteiger partial charge in [0.15, 0.2) is 0 Å². The van der Waals surface area contributed by atoms with Crippen molar-refractivity contribution in [2.24, 2.45) is 0 Å². The van der Waals surface area contributed by atoms with Crippen LogP contribution in [0.25, 0.3) is 0 Å². The van der Waals surface area contributed by atoms with Crippen LogP contribution < -0.4 is 5.32 Å². The standard InChI is InChI=1S/C12H24N2O5S/c1-18-9-6-13-12(15)5-7-14(20(2,16)17)10-11-4-3-8-19-11/h11H,3-10H2,1-2H3,(H,13,15). The lowest BCUT2D eigenvalue weighted by Crippen LogP contribution is -2.39. The Hall–Kier alpha value is -0.700. The molecule has 1 amide bonds. The fraction of sp³-hybridized carbons (Fsp3) is 0.917. The topological polar surface area (TPSA) is 84.9 Å². The van der Waals surface area contributed by atoms with E-state index in [1.165, 1.54) is 4.31 Å². The molecule has 1 aliphatic rings. The van der Waals surface area contributed by atoms with Gasteiger partial charge in [-0.1, -0.05) is 0 Å². The van der Waals surface area contributed by atoms with Crippen molar-refractivity contribution in [3.05, 3.63) is 0 Å². The molecule has 1 saturated heterocycles. The van der Waals surface area contributed by atoms with E-state index in [1.54, 1.807) is 7.11 Å². The summed E-state index contributed by atoms with van der Waals surface area (Å²) in [6, 6.07) is 0. The molecule has 0 saturated carbocycles. The quantitative estimate of drug-likeness (QED) is 0.585. The number of methoxy groups -OCH3 is 1. The summed E-state index contributed by atoms with van der Waals surface area (Å²) in [5.41, 5.74) is 0. The van der Waals surface area contributed by atoms with Crippen molar-refractivity contribution in [1.82, 2.24) is 9.62 Å². The number of hydrogen-bond donors (Lipinski definition) is 1. The molecule has 1 unspecified atom stereocenters. The summed E-state index contributed by atoms with van der Waals surface area (Å²) in [4.78, 5) is 11.6. The molecule has 0 bridgehead atoms. The van der Waals surface area contributed by atoms with Crippen LogP contribution in [0.1, 0.15) is 19.3 Å². The summed E-state index contributed by atoms with van der Waals surface area (Å²) in [7, 11) is -1.77. The molecule has 7 nitrogen and oxygen atoms in total. The van der Waals surface area contributed by atoms with Gasteiger partial charge in [0, 0.05) is 39.8 Å². The van der Waals surface area contributed by atoms with Crippen LogP contribution in [-0.4, -0.2) is 70.9 Å². The summed E-state index contributed by atoms with van der Waals surface area (Å²) < 4.78 is 35.0. The molecule has 118 valence electrons. The Labute approximate surface area is 120 Å². The predicted octanol–water partition coefficient (Wildman–Crippen LogP) is -0.420. The number of rotatable bonds is 9. The highest BCUT2D eigenvalue weighted by Crippen LogP contribution is 2.15. The number of ether oxygens (including phenoxy) is 2. The minimum absolute atomic E-state index is 0.0544. The number of hydrogen-bond acceptors (Lipinski definition) is 5. The molecule has 0 aliphatic carbocycles. The molecule has 1 aliphatic heterocycles. The zero-order valence-corrected chi connectivity index (χ0v) is 12.9. The molecule has 1 rings (SSSR count). The molecule has 8 heteroatoms. The first-order valence-corrected chi connectivity index (χ1v) is 8.60. The fourth-order valence-electron chi connectivity index (χ4n) is 2.02. The van der Waals surface area contributed by atoms with E-state index >= 15 is 0 Å². The Kier molecular flexibility index (Phi) is 7.42. The van der Waals surface area contributed by atoms with Gasteiger partial charge in [0.05, 0.1) is 19.0 Å². The van der Waals surface area contributed by atoms with E-state index in [-0.39, 0.29) is 25.0 Å². The molecule has 1 heterocycles. The fourth-order valence-corrected chi connectivity index (χ4v) is 2.88. The van der Waals surface area contributed by atoms with Crippen LogP contribution in [0.2, 0.25) is 0 Å². The number of carbonyl (C=O) groups excluding carboxylic acids is 1. The third-order valence-electron chi connectivity index (χ3n) is 3.12. The largest absolute Gasteiger partial charge is 0.383 e. The number of carbonyl (C=O) groups is 1. The second-order valence-electron chi connectivity index (χ2n) is 4.85. The second-order valence-corrected chi connectivity index (χ2v) is 6.83. The van der Waals surface area contributed by atoms with E-state index in [0.717, 1.165) is 19.1 Å². The van der Waals surface area contributed by atoms with Crippen molar-refractivity contribution in [2.45, 2.75) is 25.4 Å². The smallest absolute Gasteiger partial charge is 0.221 e. The maximum absolute atomic E-state index is 11.7. The van der Waals surface area contributed by atoms with Crippen molar-refractivity contribution in [3.63, 3.8) is 0 Å². The summed E-state index contributed by atoms with van der Waals surface area (Å²) in [6.07, 6.45) is 3.07. The predicted molar refractivity (Wildman–Crippen MR) is 74.9 cm³/mol.